The Balaban J connectivity index is 2.04. The molecule has 0 atom stereocenters. The highest BCUT2D eigenvalue weighted by atomic mass is 16.5. The van der Waals surface area contributed by atoms with Gasteiger partial charge in [-0.15, -0.1) is 0 Å². The van der Waals surface area contributed by atoms with Crippen LogP contribution in [0.2, 0.25) is 0 Å². The topological polar surface area (TPSA) is 67.8 Å². The number of pyridine rings is 1. The van der Waals surface area contributed by atoms with Crippen LogP contribution in [-0.2, 0) is 6.54 Å². The van der Waals surface area contributed by atoms with Crippen molar-refractivity contribution in [1.82, 2.24) is 15.6 Å². The van der Waals surface area contributed by atoms with Crippen LogP contribution in [0.5, 0.6) is 17.4 Å². The summed E-state index contributed by atoms with van der Waals surface area (Å²) < 4.78 is 11.5. The smallest absolute Gasteiger partial charge is 0.224 e. The minimum atomic E-state index is 0.564. The van der Waals surface area contributed by atoms with Crippen LogP contribution >= 0.6 is 0 Å². The summed E-state index contributed by atoms with van der Waals surface area (Å²) in [5.41, 5.74) is 0.945. The van der Waals surface area contributed by atoms with Crippen LogP contribution in [0.1, 0.15) is 18.9 Å². The number of ether oxygens (including phenoxy) is 2. The van der Waals surface area contributed by atoms with E-state index in [-0.39, 0.29) is 0 Å². The summed E-state index contributed by atoms with van der Waals surface area (Å²) >= 11 is 0. The molecule has 0 radical (unpaired) electrons. The molecule has 128 valence electrons. The summed E-state index contributed by atoms with van der Waals surface area (Å²) in [5.74, 6) is 2.84. The Bertz CT molecular complexity index is 656. The minimum Gasteiger partial charge on any atom is -0.494 e. The second-order valence-electron chi connectivity index (χ2n) is 5.07. The average molecular weight is 328 g/mol. The SMILES string of the molecule is CCCOc1ccc(Oc2ncccc2CNC(=NC)NC)cc1. The summed E-state index contributed by atoms with van der Waals surface area (Å²) in [7, 11) is 3.54. The maximum absolute atomic E-state index is 5.90. The van der Waals surface area contributed by atoms with E-state index in [0.717, 1.165) is 23.5 Å². The molecule has 0 fully saturated rings. The third kappa shape index (κ3) is 5.15. The molecule has 0 aliphatic heterocycles. The van der Waals surface area contributed by atoms with Gasteiger partial charge in [0, 0.05) is 32.4 Å². The molecular weight excluding hydrogens is 304 g/mol. The maximum Gasteiger partial charge on any atom is 0.224 e. The molecule has 6 heteroatoms. The molecular formula is C18H24N4O2. The molecule has 1 aromatic heterocycles. The van der Waals surface area contributed by atoms with E-state index in [1.165, 1.54) is 0 Å². The number of benzene rings is 1. The molecule has 2 aromatic rings. The van der Waals surface area contributed by atoms with E-state index in [9.17, 15) is 0 Å². The van der Waals surface area contributed by atoms with Gasteiger partial charge < -0.3 is 20.1 Å². The van der Waals surface area contributed by atoms with Crippen LogP contribution in [0.15, 0.2) is 47.6 Å². The molecule has 24 heavy (non-hydrogen) atoms. The first kappa shape index (κ1) is 17.6. The van der Waals surface area contributed by atoms with E-state index < -0.39 is 0 Å². The normalized spacial score (nSPS) is 11.0. The molecule has 0 saturated carbocycles. The zero-order valence-corrected chi connectivity index (χ0v) is 14.4. The largest absolute Gasteiger partial charge is 0.494 e. The summed E-state index contributed by atoms with van der Waals surface area (Å²) in [5, 5.41) is 6.17. The molecule has 0 aliphatic rings. The lowest BCUT2D eigenvalue weighted by atomic mass is 10.2. The predicted molar refractivity (Wildman–Crippen MR) is 95.8 cm³/mol. The molecule has 1 aromatic carbocycles. The monoisotopic (exact) mass is 328 g/mol. The van der Waals surface area contributed by atoms with E-state index in [1.807, 2.05) is 43.4 Å². The number of nitrogens with one attached hydrogen (secondary N) is 2. The maximum atomic E-state index is 5.90. The third-order valence-electron chi connectivity index (χ3n) is 3.27. The van der Waals surface area contributed by atoms with Crippen LogP contribution in [0, 0.1) is 0 Å². The van der Waals surface area contributed by atoms with Gasteiger partial charge in [0.25, 0.3) is 0 Å². The van der Waals surface area contributed by atoms with E-state index in [0.29, 0.717) is 25.0 Å². The minimum absolute atomic E-state index is 0.564. The zero-order valence-electron chi connectivity index (χ0n) is 14.4. The van der Waals surface area contributed by atoms with Crippen molar-refractivity contribution in [2.24, 2.45) is 4.99 Å². The van der Waals surface area contributed by atoms with Crippen molar-refractivity contribution in [3.63, 3.8) is 0 Å². The predicted octanol–water partition coefficient (Wildman–Crippen LogP) is 2.96. The number of hydrogen-bond acceptors (Lipinski definition) is 4. The number of aromatic nitrogens is 1. The molecule has 1 heterocycles. The lowest BCUT2D eigenvalue weighted by Crippen LogP contribution is -2.34. The second-order valence-corrected chi connectivity index (χ2v) is 5.07. The van der Waals surface area contributed by atoms with Gasteiger partial charge in [0.15, 0.2) is 5.96 Å². The highest BCUT2D eigenvalue weighted by Crippen LogP contribution is 2.25. The first-order valence-corrected chi connectivity index (χ1v) is 7.99. The van der Waals surface area contributed by atoms with Gasteiger partial charge in [0.1, 0.15) is 11.5 Å². The van der Waals surface area contributed by atoms with Gasteiger partial charge >= 0.3 is 0 Å². The summed E-state index contributed by atoms with van der Waals surface area (Å²) in [6.45, 7) is 3.36. The van der Waals surface area contributed by atoms with Gasteiger partial charge in [-0.25, -0.2) is 4.98 Å². The van der Waals surface area contributed by atoms with Crippen molar-refractivity contribution in [3.8, 4) is 17.4 Å². The van der Waals surface area contributed by atoms with Gasteiger partial charge in [-0.2, -0.15) is 0 Å². The number of guanidine groups is 1. The van der Waals surface area contributed by atoms with Crippen molar-refractivity contribution >= 4 is 5.96 Å². The first-order valence-electron chi connectivity index (χ1n) is 7.99. The number of aliphatic imine (C=N–C) groups is 1. The van der Waals surface area contributed by atoms with Crippen LogP contribution in [0.25, 0.3) is 0 Å². The highest BCUT2D eigenvalue weighted by Gasteiger charge is 2.07. The van der Waals surface area contributed by atoms with Crippen LogP contribution in [-0.4, -0.2) is 31.6 Å². The van der Waals surface area contributed by atoms with Crippen LogP contribution in [0.4, 0.5) is 0 Å². The van der Waals surface area contributed by atoms with E-state index in [1.54, 1.807) is 13.2 Å². The molecule has 0 spiro atoms. The van der Waals surface area contributed by atoms with Gasteiger partial charge in [-0.1, -0.05) is 13.0 Å². The quantitative estimate of drug-likeness (QED) is 0.604. The Labute approximate surface area is 142 Å². The van der Waals surface area contributed by atoms with Crippen molar-refractivity contribution in [2.75, 3.05) is 20.7 Å². The lowest BCUT2D eigenvalue weighted by Gasteiger charge is -2.12. The molecule has 0 unspecified atom stereocenters. The average Bonchev–Trinajstić information content (AvgIpc) is 2.63. The van der Waals surface area contributed by atoms with Crippen molar-refractivity contribution < 1.29 is 9.47 Å². The van der Waals surface area contributed by atoms with Crippen LogP contribution in [0.3, 0.4) is 0 Å². The second kappa shape index (κ2) is 9.39. The number of hydrogen-bond donors (Lipinski definition) is 2. The van der Waals surface area contributed by atoms with Crippen molar-refractivity contribution in [2.45, 2.75) is 19.9 Å². The van der Waals surface area contributed by atoms with E-state index in [4.69, 9.17) is 9.47 Å². The van der Waals surface area contributed by atoms with Crippen LogP contribution < -0.4 is 20.1 Å². The molecule has 0 saturated heterocycles. The van der Waals surface area contributed by atoms with Gasteiger partial charge in [0.05, 0.1) is 6.61 Å². The fourth-order valence-electron chi connectivity index (χ4n) is 2.04. The lowest BCUT2D eigenvalue weighted by molar-refractivity contribution is 0.317. The fourth-order valence-corrected chi connectivity index (χ4v) is 2.04. The summed E-state index contributed by atoms with van der Waals surface area (Å²) in [6.07, 6.45) is 2.70. The van der Waals surface area contributed by atoms with E-state index >= 15 is 0 Å². The standard InChI is InChI=1S/C18H24N4O2/c1-4-12-23-15-7-9-16(10-8-15)24-17-14(6-5-11-21-17)13-22-18(19-2)20-3/h5-11H,4,12-13H2,1-3H3,(H2,19,20,22). The number of nitrogens with zero attached hydrogens (tertiary/aromatic N) is 2. The zero-order chi connectivity index (χ0) is 17.2. The van der Waals surface area contributed by atoms with Gasteiger partial charge in [0.2, 0.25) is 5.88 Å². The Morgan fingerprint density at radius 1 is 1.17 bits per heavy atom. The summed E-state index contributed by atoms with van der Waals surface area (Å²) in [6, 6.07) is 11.4. The first-order chi connectivity index (χ1) is 11.8. The van der Waals surface area contributed by atoms with Gasteiger partial charge in [-0.05, 0) is 36.8 Å². The Morgan fingerprint density at radius 2 is 1.92 bits per heavy atom. The Morgan fingerprint density at radius 3 is 2.58 bits per heavy atom. The highest BCUT2D eigenvalue weighted by molar-refractivity contribution is 5.79. The molecule has 0 amide bonds. The van der Waals surface area contributed by atoms with E-state index in [2.05, 4.69) is 27.5 Å². The molecule has 0 aliphatic carbocycles. The third-order valence-corrected chi connectivity index (χ3v) is 3.27. The fraction of sp³-hybridized carbons (Fsp3) is 0.333. The van der Waals surface area contributed by atoms with Crippen molar-refractivity contribution in [3.05, 3.63) is 48.2 Å². The Kier molecular flexibility index (Phi) is 6.89. The van der Waals surface area contributed by atoms with Gasteiger partial charge in [-0.3, -0.25) is 4.99 Å². The number of rotatable bonds is 7. The van der Waals surface area contributed by atoms with Crippen molar-refractivity contribution in [1.29, 1.82) is 0 Å². The molecule has 0 bridgehead atoms. The molecule has 6 nitrogen and oxygen atoms in total. The molecule has 2 N–H and O–H groups in total. The molecule has 2 rings (SSSR count). The Hall–Kier alpha value is -2.76. The summed E-state index contributed by atoms with van der Waals surface area (Å²) in [4.78, 5) is 8.41.